The first-order valence-corrected chi connectivity index (χ1v) is 8.22. The summed E-state index contributed by atoms with van der Waals surface area (Å²) in [4.78, 5) is 10.1. The number of nitro benzene ring substituents is 1. The minimum Gasteiger partial charge on any atom is -0.504 e. The Morgan fingerprint density at radius 3 is 2.67 bits per heavy atom. The quantitative estimate of drug-likeness (QED) is 0.371. The second-order valence-corrected chi connectivity index (χ2v) is 6.05. The van der Waals surface area contributed by atoms with E-state index in [4.69, 9.17) is 4.74 Å². The lowest BCUT2D eigenvalue weighted by Gasteiger charge is -2.09. The third-order valence-electron chi connectivity index (χ3n) is 3.28. The Morgan fingerprint density at radius 1 is 1.37 bits per heavy atom. The fourth-order valence-electron chi connectivity index (χ4n) is 2.08. The molecule has 0 aliphatic carbocycles. The van der Waals surface area contributed by atoms with E-state index in [0.29, 0.717) is 23.2 Å². The van der Waals surface area contributed by atoms with E-state index in [9.17, 15) is 28.4 Å². The number of nitro groups is 1. The van der Waals surface area contributed by atoms with Crippen LogP contribution in [-0.4, -0.2) is 22.9 Å². The van der Waals surface area contributed by atoms with Gasteiger partial charge in [-0.25, -0.2) is 0 Å². The lowest BCUT2D eigenvalue weighted by atomic mass is 10.1. The molecule has 0 atom stereocenters. The first-order valence-electron chi connectivity index (χ1n) is 7.43. The molecule has 7 nitrogen and oxygen atoms in total. The Labute approximate surface area is 159 Å². The van der Waals surface area contributed by atoms with E-state index in [1.807, 2.05) is 0 Å². The average molecular weight is 448 g/mol. The molecule has 2 aromatic rings. The van der Waals surface area contributed by atoms with E-state index in [-0.39, 0.29) is 22.7 Å². The standard InChI is InChI=1S/C16H13BrF3N3O4/c1-2-27-14-7-11(17)5-9(15(14)24)8-21-22-12-4-3-10(16(18,19)20)6-13(12)23(25)26/h3-8,22,24H,2H2,1H3/b21-8-. The van der Waals surface area contributed by atoms with Crippen molar-refractivity contribution in [1.29, 1.82) is 0 Å². The number of hydrazone groups is 1. The van der Waals surface area contributed by atoms with Crippen LogP contribution in [0.2, 0.25) is 0 Å². The zero-order valence-corrected chi connectivity index (χ0v) is 15.3. The number of alkyl halides is 3. The zero-order valence-electron chi connectivity index (χ0n) is 13.7. The van der Waals surface area contributed by atoms with E-state index in [2.05, 4.69) is 26.5 Å². The van der Waals surface area contributed by atoms with E-state index >= 15 is 0 Å². The number of nitrogens with zero attached hydrogens (tertiary/aromatic N) is 2. The van der Waals surface area contributed by atoms with Crippen molar-refractivity contribution in [2.45, 2.75) is 13.1 Å². The van der Waals surface area contributed by atoms with Gasteiger partial charge >= 0.3 is 6.18 Å². The lowest BCUT2D eigenvalue weighted by Crippen LogP contribution is -2.06. The van der Waals surface area contributed by atoms with Crippen LogP contribution in [0.3, 0.4) is 0 Å². The van der Waals surface area contributed by atoms with E-state index in [1.165, 1.54) is 6.07 Å². The fourth-order valence-corrected chi connectivity index (χ4v) is 2.54. The molecule has 0 bridgehead atoms. The van der Waals surface area contributed by atoms with Gasteiger partial charge in [0.15, 0.2) is 11.5 Å². The number of anilines is 1. The number of rotatable bonds is 6. The number of aromatic hydroxyl groups is 1. The van der Waals surface area contributed by atoms with Crippen LogP contribution in [-0.2, 0) is 6.18 Å². The van der Waals surface area contributed by atoms with Gasteiger partial charge in [0, 0.05) is 16.1 Å². The van der Waals surface area contributed by atoms with Gasteiger partial charge in [-0.3, -0.25) is 15.5 Å². The second-order valence-electron chi connectivity index (χ2n) is 5.13. The summed E-state index contributed by atoms with van der Waals surface area (Å²) >= 11 is 3.24. The Hall–Kier alpha value is -2.82. The van der Waals surface area contributed by atoms with Crippen molar-refractivity contribution in [1.82, 2.24) is 0 Å². The number of ether oxygens (including phenoxy) is 1. The molecule has 0 aliphatic heterocycles. The predicted molar refractivity (Wildman–Crippen MR) is 96.3 cm³/mol. The molecule has 0 aliphatic rings. The number of halogens is 4. The van der Waals surface area contributed by atoms with Gasteiger partial charge in [-0.15, -0.1) is 0 Å². The van der Waals surface area contributed by atoms with Crippen molar-refractivity contribution in [2.24, 2.45) is 5.10 Å². The number of phenolic OH excluding ortho intramolecular Hbond substituents is 1. The summed E-state index contributed by atoms with van der Waals surface area (Å²) in [6.45, 7) is 2.05. The number of benzene rings is 2. The van der Waals surface area contributed by atoms with Crippen molar-refractivity contribution in [3.8, 4) is 11.5 Å². The molecule has 0 heterocycles. The highest BCUT2D eigenvalue weighted by Crippen LogP contribution is 2.35. The summed E-state index contributed by atoms with van der Waals surface area (Å²) in [5.74, 6) is 0.00125. The molecule has 0 saturated carbocycles. The average Bonchev–Trinajstić information content (AvgIpc) is 2.58. The Morgan fingerprint density at radius 2 is 2.07 bits per heavy atom. The largest absolute Gasteiger partial charge is 0.504 e. The van der Waals surface area contributed by atoms with Crippen molar-refractivity contribution < 1.29 is 27.9 Å². The Balaban J connectivity index is 2.30. The van der Waals surface area contributed by atoms with Crippen LogP contribution < -0.4 is 10.2 Å². The molecule has 0 radical (unpaired) electrons. The number of nitrogens with one attached hydrogen (secondary N) is 1. The molecule has 0 amide bonds. The van der Waals surface area contributed by atoms with Crippen molar-refractivity contribution >= 4 is 33.5 Å². The smallest absolute Gasteiger partial charge is 0.416 e. The van der Waals surface area contributed by atoms with Gasteiger partial charge in [-0.2, -0.15) is 18.3 Å². The van der Waals surface area contributed by atoms with Gasteiger partial charge in [-0.05, 0) is 31.2 Å². The Bertz CT molecular complexity index is 888. The van der Waals surface area contributed by atoms with Crippen molar-refractivity contribution in [2.75, 3.05) is 12.0 Å². The molecular formula is C16H13BrF3N3O4. The van der Waals surface area contributed by atoms with Crippen molar-refractivity contribution in [3.63, 3.8) is 0 Å². The maximum Gasteiger partial charge on any atom is 0.416 e. The molecule has 0 unspecified atom stereocenters. The van der Waals surface area contributed by atoms with Crippen LogP contribution in [0.5, 0.6) is 11.5 Å². The highest BCUT2D eigenvalue weighted by atomic mass is 79.9. The van der Waals surface area contributed by atoms with Gasteiger partial charge in [0.1, 0.15) is 5.69 Å². The molecule has 2 N–H and O–H groups in total. The molecule has 144 valence electrons. The van der Waals surface area contributed by atoms with Gasteiger partial charge in [-0.1, -0.05) is 15.9 Å². The van der Waals surface area contributed by atoms with E-state index in [1.54, 1.807) is 13.0 Å². The highest BCUT2D eigenvalue weighted by Gasteiger charge is 2.33. The Kier molecular flexibility index (Phi) is 6.26. The number of hydrogen-bond donors (Lipinski definition) is 2. The maximum atomic E-state index is 12.7. The molecule has 0 aromatic heterocycles. The summed E-state index contributed by atoms with van der Waals surface area (Å²) in [6.07, 6.45) is -3.55. The first kappa shape index (κ1) is 20.5. The zero-order chi connectivity index (χ0) is 20.2. The topological polar surface area (TPSA) is 97.0 Å². The molecular weight excluding hydrogens is 435 g/mol. The molecule has 11 heteroatoms. The predicted octanol–water partition coefficient (Wildman–Crippen LogP) is 4.93. The fraction of sp³-hybridized carbons (Fsp3) is 0.188. The van der Waals surface area contributed by atoms with Crippen LogP contribution in [0.1, 0.15) is 18.1 Å². The van der Waals surface area contributed by atoms with Gasteiger partial charge in [0.05, 0.1) is 23.3 Å². The van der Waals surface area contributed by atoms with Crippen LogP contribution in [0.4, 0.5) is 24.5 Å². The van der Waals surface area contributed by atoms with Crippen molar-refractivity contribution in [3.05, 3.63) is 56.0 Å². The minimum absolute atomic E-state index is 0.201. The molecule has 2 rings (SSSR count). The van der Waals surface area contributed by atoms with Crippen LogP contribution in [0.15, 0.2) is 39.9 Å². The van der Waals surface area contributed by atoms with Crippen LogP contribution in [0.25, 0.3) is 0 Å². The number of phenols is 1. The first-order chi connectivity index (χ1) is 12.6. The molecule has 0 saturated heterocycles. The molecule has 0 spiro atoms. The monoisotopic (exact) mass is 447 g/mol. The normalized spacial score (nSPS) is 11.6. The third kappa shape index (κ3) is 5.09. The van der Waals surface area contributed by atoms with Crippen LogP contribution in [0, 0.1) is 10.1 Å². The van der Waals surface area contributed by atoms with Gasteiger partial charge in [0.2, 0.25) is 0 Å². The summed E-state index contributed by atoms with van der Waals surface area (Å²) in [5.41, 5.74) is 0.386. The molecule has 0 fully saturated rings. The van der Waals surface area contributed by atoms with Crippen LogP contribution >= 0.6 is 15.9 Å². The number of hydrogen-bond acceptors (Lipinski definition) is 6. The lowest BCUT2D eigenvalue weighted by molar-refractivity contribution is -0.384. The van der Waals surface area contributed by atoms with E-state index < -0.39 is 22.4 Å². The van der Waals surface area contributed by atoms with Gasteiger partial charge < -0.3 is 9.84 Å². The third-order valence-corrected chi connectivity index (χ3v) is 3.74. The highest BCUT2D eigenvalue weighted by molar-refractivity contribution is 9.10. The second kappa shape index (κ2) is 8.25. The van der Waals surface area contributed by atoms with Gasteiger partial charge in [0.25, 0.3) is 5.69 Å². The summed E-state index contributed by atoms with van der Waals surface area (Å²) in [7, 11) is 0. The van der Waals surface area contributed by atoms with E-state index in [0.717, 1.165) is 12.3 Å². The molecule has 2 aromatic carbocycles. The minimum atomic E-state index is -4.70. The summed E-state index contributed by atoms with van der Waals surface area (Å²) in [5, 5.41) is 24.9. The SMILES string of the molecule is CCOc1cc(Br)cc(/C=N\Nc2ccc(C(F)(F)F)cc2[N+](=O)[O-])c1O. The summed E-state index contributed by atoms with van der Waals surface area (Å²) in [6, 6.07) is 5.09. The maximum absolute atomic E-state index is 12.7. The summed E-state index contributed by atoms with van der Waals surface area (Å²) < 4.78 is 44.0. The molecule has 27 heavy (non-hydrogen) atoms.